The van der Waals surface area contributed by atoms with Crippen LogP contribution < -0.4 is 5.32 Å². The van der Waals surface area contributed by atoms with Crippen LogP contribution in [0.15, 0.2) is 18.5 Å². The lowest BCUT2D eigenvalue weighted by molar-refractivity contribution is 0.512. The van der Waals surface area contributed by atoms with E-state index in [1.54, 1.807) is 0 Å². The van der Waals surface area contributed by atoms with Gasteiger partial charge in [-0.15, -0.1) is 0 Å². The van der Waals surface area contributed by atoms with E-state index in [1.165, 1.54) is 37.7 Å². The van der Waals surface area contributed by atoms with Gasteiger partial charge in [0.15, 0.2) is 0 Å². The van der Waals surface area contributed by atoms with Gasteiger partial charge >= 0.3 is 0 Å². The summed E-state index contributed by atoms with van der Waals surface area (Å²) in [6.07, 6.45) is 10.9. The fraction of sp³-hybridized carbons (Fsp3) is 0.714. The molecule has 0 aliphatic carbocycles. The Bertz CT molecular complexity index is 239. The van der Waals surface area contributed by atoms with Crippen molar-refractivity contribution in [1.29, 1.82) is 0 Å². The standard InChI is InChI=1S/C14H26N2/c1-13(2)7-5-3-4-6-9-15-11-14-8-10-16-12-14/h8,10,12-13,15-16H,3-7,9,11H2,1-2H3. The largest absolute Gasteiger partial charge is 0.367 e. The molecule has 0 fully saturated rings. The smallest absolute Gasteiger partial charge is 0.0220 e. The van der Waals surface area contributed by atoms with Gasteiger partial charge in [0.2, 0.25) is 0 Å². The molecule has 0 saturated heterocycles. The van der Waals surface area contributed by atoms with Crippen molar-refractivity contribution in [3.05, 3.63) is 24.0 Å². The van der Waals surface area contributed by atoms with Gasteiger partial charge in [0.25, 0.3) is 0 Å². The Labute approximate surface area is 99.8 Å². The molecule has 0 aliphatic rings. The quantitative estimate of drug-likeness (QED) is 0.612. The summed E-state index contributed by atoms with van der Waals surface area (Å²) in [7, 11) is 0. The monoisotopic (exact) mass is 222 g/mol. The van der Waals surface area contributed by atoms with E-state index in [0.717, 1.165) is 19.0 Å². The number of H-pyrrole nitrogens is 1. The van der Waals surface area contributed by atoms with Crippen molar-refractivity contribution in [2.45, 2.75) is 52.5 Å². The first-order valence-corrected chi connectivity index (χ1v) is 6.61. The highest BCUT2D eigenvalue weighted by Crippen LogP contribution is 2.08. The van der Waals surface area contributed by atoms with E-state index in [1.807, 2.05) is 6.20 Å². The van der Waals surface area contributed by atoms with Crippen molar-refractivity contribution in [2.24, 2.45) is 5.92 Å². The van der Waals surface area contributed by atoms with Crippen molar-refractivity contribution >= 4 is 0 Å². The number of nitrogens with one attached hydrogen (secondary N) is 2. The van der Waals surface area contributed by atoms with E-state index < -0.39 is 0 Å². The molecule has 2 heteroatoms. The molecule has 0 unspecified atom stereocenters. The average Bonchev–Trinajstić information content (AvgIpc) is 2.74. The van der Waals surface area contributed by atoms with Gasteiger partial charge in [0.1, 0.15) is 0 Å². The van der Waals surface area contributed by atoms with Crippen molar-refractivity contribution in [3.8, 4) is 0 Å². The molecule has 0 amide bonds. The number of aromatic amines is 1. The SMILES string of the molecule is CC(C)CCCCCCNCc1cc[nH]c1. The Balaban J connectivity index is 1.82. The zero-order valence-electron chi connectivity index (χ0n) is 10.8. The fourth-order valence-corrected chi connectivity index (χ4v) is 1.86. The lowest BCUT2D eigenvalue weighted by Gasteiger charge is -2.05. The van der Waals surface area contributed by atoms with Crippen LogP contribution in [0.25, 0.3) is 0 Å². The van der Waals surface area contributed by atoms with Gasteiger partial charge in [-0.1, -0.05) is 39.5 Å². The molecule has 2 N–H and O–H groups in total. The second-order valence-corrected chi connectivity index (χ2v) is 4.99. The summed E-state index contributed by atoms with van der Waals surface area (Å²) in [6.45, 7) is 6.75. The molecule has 0 bridgehead atoms. The van der Waals surface area contributed by atoms with Crippen LogP contribution in [0.5, 0.6) is 0 Å². The number of aromatic nitrogens is 1. The van der Waals surface area contributed by atoms with Gasteiger partial charge in [-0.25, -0.2) is 0 Å². The Morgan fingerprint density at radius 2 is 2.00 bits per heavy atom. The minimum absolute atomic E-state index is 0.867. The molecule has 1 aromatic rings. The summed E-state index contributed by atoms with van der Waals surface area (Å²) in [5.74, 6) is 0.867. The number of unbranched alkanes of at least 4 members (excludes halogenated alkanes) is 3. The van der Waals surface area contributed by atoms with Gasteiger partial charge in [-0.2, -0.15) is 0 Å². The van der Waals surface area contributed by atoms with Crippen molar-refractivity contribution < 1.29 is 0 Å². The average molecular weight is 222 g/mol. The van der Waals surface area contributed by atoms with Gasteiger partial charge in [0, 0.05) is 18.9 Å². The number of rotatable bonds is 9. The first kappa shape index (κ1) is 13.3. The zero-order chi connectivity index (χ0) is 11.6. The number of hydrogen-bond donors (Lipinski definition) is 2. The van der Waals surface area contributed by atoms with Gasteiger partial charge in [-0.3, -0.25) is 0 Å². The summed E-state index contributed by atoms with van der Waals surface area (Å²) in [4.78, 5) is 3.07. The van der Waals surface area contributed by atoms with Crippen molar-refractivity contribution in [2.75, 3.05) is 6.54 Å². The van der Waals surface area contributed by atoms with Crippen LogP contribution in [0.4, 0.5) is 0 Å². The Hall–Kier alpha value is -0.760. The molecule has 0 saturated carbocycles. The van der Waals surface area contributed by atoms with Crippen LogP contribution in [-0.4, -0.2) is 11.5 Å². The first-order valence-electron chi connectivity index (χ1n) is 6.61. The highest BCUT2D eigenvalue weighted by atomic mass is 14.8. The maximum Gasteiger partial charge on any atom is 0.0220 e. The van der Waals surface area contributed by atoms with Crippen molar-refractivity contribution in [3.63, 3.8) is 0 Å². The zero-order valence-corrected chi connectivity index (χ0v) is 10.8. The molecular formula is C14H26N2. The third-order valence-corrected chi connectivity index (χ3v) is 2.88. The Morgan fingerprint density at radius 3 is 2.69 bits per heavy atom. The Kier molecular flexibility index (Phi) is 6.98. The minimum atomic E-state index is 0.867. The summed E-state index contributed by atoms with van der Waals surface area (Å²) in [5, 5.41) is 3.47. The second-order valence-electron chi connectivity index (χ2n) is 4.99. The molecule has 16 heavy (non-hydrogen) atoms. The number of hydrogen-bond acceptors (Lipinski definition) is 1. The molecule has 1 heterocycles. The van der Waals surface area contributed by atoms with Gasteiger partial charge in [0.05, 0.1) is 0 Å². The Morgan fingerprint density at radius 1 is 1.19 bits per heavy atom. The molecule has 92 valence electrons. The van der Waals surface area contributed by atoms with E-state index in [0.29, 0.717) is 0 Å². The lowest BCUT2D eigenvalue weighted by Crippen LogP contribution is -2.14. The topological polar surface area (TPSA) is 27.8 Å². The maximum absolute atomic E-state index is 3.47. The molecule has 0 spiro atoms. The molecule has 0 atom stereocenters. The van der Waals surface area contributed by atoms with E-state index in [-0.39, 0.29) is 0 Å². The molecule has 1 aromatic heterocycles. The van der Waals surface area contributed by atoms with E-state index in [2.05, 4.69) is 36.4 Å². The fourth-order valence-electron chi connectivity index (χ4n) is 1.86. The summed E-state index contributed by atoms with van der Waals surface area (Å²) < 4.78 is 0. The second kappa shape index (κ2) is 8.40. The summed E-state index contributed by atoms with van der Waals surface area (Å²) in [6, 6.07) is 2.12. The third-order valence-electron chi connectivity index (χ3n) is 2.88. The highest BCUT2D eigenvalue weighted by molar-refractivity contribution is 5.07. The normalized spacial score (nSPS) is 11.2. The van der Waals surface area contributed by atoms with Crippen molar-refractivity contribution in [1.82, 2.24) is 10.3 Å². The van der Waals surface area contributed by atoms with Crippen LogP contribution in [0, 0.1) is 5.92 Å². The van der Waals surface area contributed by atoms with Crippen LogP contribution >= 0.6 is 0 Å². The van der Waals surface area contributed by atoms with Gasteiger partial charge in [-0.05, 0) is 30.5 Å². The van der Waals surface area contributed by atoms with E-state index in [4.69, 9.17) is 0 Å². The predicted octanol–water partition coefficient (Wildman–Crippen LogP) is 3.71. The van der Waals surface area contributed by atoms with E-state index in [9.17, 15) is 0 Å². The lowest BCUT2D eigenvalue weighted by atomic mass is 10.0. The third kappa shape index (κ3) is 6.67. The first-order chi connectivity index (χ1) is 7.79. The molecular weight excluding hydrogens is 196 g/mol. The predicted molar refractivity (Wildman–Crippen MR) is 70.4 cm³/mol. The molecule has 1 rings (SSSR count). The molecule has 0 aliphatic heterocycles. The van der Waals surface area contributed by atoms with Crippen LogP contribution in [0.1, 0.15) is 51.5 Å². The highest BCUT2D eigenvalue weighted by Gasteiger charge is 1.95. The maximum atomic E-state index is 3.47. The molecule has 2 nitrogen and oxygen atoms in total. The minimum Gasteiger partial charge on any atom is -0.367 e. The van der Waals surface area contributed by atoms with Gasteiger partial charge < -0.3 is 10.3 Å². The molecule has 0 radical (unpaired) electrons. The van der Waals surface area contributed by atoms with Crippen LogP contribution in [0.3, 0.4) is 0 Å². The van der Waals surface area contributed by atoms with Crippen LogP contribution in [0.2, 0.25) is 0 Å². The summed E-state index contributed by atoms with van der Waals surface area (Å²) >= 11 is 0. The van der Waals surface area contributed by atoms with Crippen LogP contribution in [-0.2, 0) is 6.54 Å². The molecule has 0 aromatic carbocycles. The van der Waals surface area contributed by atoms with E-state index >= 15 is 0 Å². The summed E-state index contributed by atoms with van der Waals surface area (Å²) in [5.41, 5.74) is 1.35.